The zero-order valence-electron chi connectivity index (χ0n) is 15.2. The molecule has 0 aromatic heterocycles. The lowest BCUT2D eigenvalue weighted by Gasteiger charge is -2.04. The third-order valence-electron chi connectivity index (χ3n) is 4.57. The highest BCUT2D eigenvalue weighted by atomic mass is 16.5. The largest absolute Gasteiger partial charge is 0.368 e. The molecule has 0 heterocycles. The highest BCUT2D eigenvalue weighted by Crippen LogP contribution is 2.14. The Bertz CT molecular complexity index is 192. The average molecular weight is 315 g/mol. The summed E-state index contributed by atoms with van der Waals surface area (Å²) in [7, 11) is 0. The Morgan fingerprint density at radius 2 is 0.727 bits per heavy atom. The van der Waals surface area contributed by atoms with Crippen LogP contribution >= 0.6 is 0 Å². The van der Waals surface area contributed by atoms with E-state index in [9.17, 15) is 0 Å². The quantitative estimate of drug-likeness (QED) is 0.229. The molecular weight excluding hydrogens is 272 g/mol. The van der Waals surface area contributed by atoms with Gasteiger partial charge in [0.2, 0.25) is 0 Å². The summed E-state index contributed by atoms with van der Waals surface area (Å²) >= 11 is 0. The van der Waals surface area contributed by atoms with Crippen molar-refractivity contribution in [3.05, 3.63) is 0 Å². The van der Waals surface area contributed by atoms with E-state index in [0.29, 0.717) is 6.42 Å². The summed E-state index contributed by atoms with van der Waals surface area (Å²) in [6.07, 6.45) is 22.6. The highest BCUT2D eigenvalue weighted by molar-refractivity contribution is 4.50. The number of unbranched alkanes of at least 4 members (excludes halogenated alkanes) is 16. The maximum Gasteiger partial charge on any atom is 0.151 e. The van der Waals surface area contributed by atoms with E-state index < -0.39 is 6.29 Å². The van der Waals surface area contributed by atoms with E-state index in [1.165, 1.54) is 96.3 Å². The van der Waals surface area contributed by atoms with Gasteiger partial charge in [0.1, 0.15) is 0 Å². The van der Waals surface area contributed by atoms with E-state index in [0.717, 1.165) is 12.8 Å². The number of hydrogen-bond donors (Lipinski definition) is 2. The molecular formula is C20H42O2. The second-order valence-corrected chi connectivity index (χ2v) is 6.93. The average Bonchev–Trinajstić information content (AvgIpc) is 2.50. The maximum atomic E-state index is 8.73. The number of hydrogen-bond acceptors (Lipinski definition) is 2. The van der Waals surface area contributed by atoms with Crippen LogP contribution in [0.1, 0.15) is 122 Å². The molecule has 0 aliphatic heterocycles. The van der Waals surface area contributed by atoms with Gasteiger partial charge in [-0.05, 0) is 12.8 Å². The lowest BCUT2D eigenvalue weighted by atomic mass is 10.0. The van der Waals surface area contributed by atoms with Crippen LogP contribution in [0.2, 0.25) is 0 Å². The van der Waals surface area contributed by atoms with E-state index in [4.69, 9.17) is 10.2 Å². The van der Waals surface area contributed by atoms with Crippen LogP contribution in [0.5, 0.6) is 0 Å². The fourth-order valence-corrected chi connectivity index (χ4v) is 3.05. The Kier molecular flexibility index (Phi) is 18.9. The zero-order valence-corrected chi connectivity index (χ0v) is 15.2. The molecule has 0 saturated heterocycles. The van der Waals surface area contributed by atoms with Crippen LogP contribution in [0.25, 0.3) is 0 Å². The van der Waals surface area contributed by atoms with Crippen LogP contribution in [-0.4, -0.2) is 16.5 Å². The Hall–Kier alpha value is -0.0800. The Morgan fingerprint density at radius 1 is 0.455 bits per heavy atom. The van der Waals surface area contributed by atoms with Gasteiger partial charge in [-0.25, -0.2) is 0 Å². The van der Waals surface area contributed by atoms with E-state index >= 15 is 0 Å². The summed E-state index contributed by atoms with van der Waals surface area (Å²) in [6.45, 7) is 2.28. The first-order chi connectivity index (χ1) is 10.8. The Labute approximate surface area is 139 Å². The molecule has 134 valence electrons. The van der Waals surface area contributed by atoms with Gasteiger partial charge >= 0.3 is 0 Å². The standard InChI is InChI=1S/C20H42O2/c1-2-3-4-5-6-7-8-9-10-11-12-13-14-15-16-17-18-19-20(21)22/h20-22H,2-19H2,1H3. The minimum Gasteiger partial charge on any atom is -0.368 e. The summed E-state index contributed by atoms with van der Waals surface area (Å²) in [6, 6.07) is 0. The van der Waals surface area contributed by atoms with Crippen LogP contribution in [0.4, 0.5) is 0 Å². The van der Waals surface area contributed by atoms with Gasteiger partial charge in [0.15, 0.2) is 6.29 Å². The second kappa shape index (κ2) is 19.0. The first-order valence-corrected chi connectivity index (χ1v) is 10.1. The monoisotopic (exact) mass is 314 g/mol. The van der Waals surface area contributed by atoms with Gasteiger partial charge in [-0.3, -0.25) is 0 Å². The van der Waals surface area contributed by atoms with Crippen molar-refractivity contribution in [2.75, 3.05) is 0 Å². The van der Waals surface area contributed by atoms with Crippen LogP contribution in [0, 0.1) is 0 Å². The fourth-order valence-electron chi connectivity index (χ4n) is 3.05. The van der Waals surface area contributed by atoms with Gasteiger partial charge in [-0.2, -0.15) is 0 Å². The molecule has 0 aliphatic rings. The topological polar surface area (TPSA) is 40.5 Å². The van der Waals surface area contributed by atoms with Crippen molar-refractivity contribution in [3.8, 4) is 0 Å². The third kappa shape index (κ3) is 19.9. The summed E-state index contributed by atoms with van der Waals surface area (Å²) in [5.41, 5.74) is 0. The summed E-state index contributed by atoms with van der Waals surface area (Å²) in [5.74, 6) is 0. The smallest absolute Gasteiger partial charge is 0.151 e. The normalized spacial score (nSPS) is 11.5. The van der Waals surface area contributed by atoms with Crippen molar-refractivity contribution >= 4 is 0 Å². The summed E-state index contributed by atoms with van der Waals surface area (Å²) in [4.78, 5) is 0. The van der Waals surface area contributed by atoms with E-state index in [1.54, 1.807) is 0 Å². The van der Waals surface area contributed by atoms with Gasteiger partial charge < -0.3 is 10.2 Å². The van der Waals surface area contributed by atoms with Crippen molar-refractivity contribution in [2.24, 2.45) is 0 Å². The van der Waals surface area contributed by atoms with Gasteiger partial charge in [0.05, 0.1) is 0 Å². The molecule has 2 heteroatoms. The Balaban J connectivity index is 2.94. The molecule has 2 nitrogen and oxygen atoms in total. The molecule has 0 fully saturated rings. The SMILES string of the molecule is CCCCCCCCCCCCCCCCCCCC(O)O. The molecule has 0 radical (unpaired) electrons. The van der Waals surface area contributed by atoms with Crippen molar-refractivity contribution in [1.29, 1.82) is 0 Å². The second-order valence-electron chi connectivity index (χ2n) is 6.93. The van der Waals surface area contributed by atoms with Crippen molar-refractivity contribution in [3.63, 3.8) is 0 Å². The predicted molar refractivity (Wildman–Crippen MR) is 97.0 cm³/mol. The molecule has 0 saturated carbocycles. The van der Waals surface area contributed by atoms with E-state index in [1.807, 2.05) is 0 Å². The number of rotatable bonds is 18. The molecule has 0 spiro atoms. The first-order valence-electron chi connectivity index (χ1n) is 10.1. The molecule has 0 amide bonds. The van der Waals surface area contributed by atoms with Crippen LogP contribution < -0.4 is 0 Å². The molecule has 0 aromatic carbocycles. The van der Waals surface area contributed by atoms with Crippen molar-refractivity contribution in [1.82, 2.24) is 0 Å². The van der Waals surface area contributed by atoms with E-state index in [2.05, 4.69) is 6.92 Å². The van der Waals surface area contributed by atoms with Gasteiger partial charge in [-0.15, -0.1) is 0 Å². The lowest BCUT2D eigenvalue weighted by molar-refractivity contribution is -0.0466. The molecule has 0 unspecified atom stereocenters. The third-order valence-corrected chi connectivity index (χ3v) is 4.57. The zero-order chi connectivity index (χ0) is 16.3. The molecule has 0 rings (SSSR count). The first kappa shape index (κ1) is 21.9. The van der Waals surface area contributed by atoms with Crippen molar-refractivity contribution in [2.45, 2.75) is 129 Å². The minimum atomic E-state index is -1.10. The van der Waals surface area contributed by atoms with Gasteiger partial charge in [0.25, 0.3) is 0 Å². The molecule has 2 N–H and O–H groups in total. The van der Waals surface area contributed by atoms with Crippen LogP contribution in [0.3, 0.4) is 0 Å². The minimum absolute atomic E-state index is 0.540. The van der Waals surface area contributed by atoms with Crippen molar-refractivity contribution < 1.29 is 10.2 Å². The van der Waals surface area contributed by atoms with Crippen LogP contribution in [-0.2, 0) is 0 Å². The van der Waals surface area contributed by atoms with Gasteiger partial charge in [0, 0.05) is 0 Å². The molecule has 0 aliphatic carbocycles. The van der Waals surface area contributed by atoms with E-state index in [-0.39, 0.29) is 0 Å². The summed E-state index contributed by atoms with van der Waals surface area (Å²) < 4.78 is 0. The number of aliphatic hydroxyl groups is 2. The maximum absolute atomic E-state index is 8.73. The molecule has 0 atom stereocenters. The molecule has 0 aromatic rings. The molecule has 22 heavy (non-hydrogen) atoms. The fraction of sp³-hybridized carbons (Fsp3) is 1.00. The van der Waals surface area contributed by atoms with Gasteiger partial charge in [-0.1, -0.05) is 110 Å². The van der Waals surface area contributed by atoms with Crippen LogP contribution in [0.15, 0.2) is 0 Å². The number of aliphatic hydroxyl groups excluding tert-OH is 1. The lowest BCUT2D eigenvalue weighted by Crippen LogP contribution is -2.02. The molecule has 0 bridgehead atoms. The summed E-state index contributed by atoms with van der Waals surface area (Å²) in [5, 5.41) is 17.5. The predicted octanol–water partition coefficient (Wildman–Crippen LogP) is 6.34. The Morgan fingerprint density at radius 3 is 1.00 bits per heavy atom. The highest BCUT2D eigenvalue weighted by Gasteiger charge is 1.97.